The molecule has 1 atom stereocenters. The largest absolute Gasteiger partial charge is 0.337 e. The lowest BCUT2D eigenvalue weighted by molar-refractivity contribution is 0.0790. The molecule has 2 heterocycles. The fourth-order valence-electron chi connectivity index (χ4n) is 1.77. The molecule has 2 rings (SSSR count). The first-order chi connectivity index (χ1) is 7.08. The molecule has 90 valence electrons. The standard InChI is InChI=1S/C10H13BrN2OS.ClH/c1-6-4-8(9(11)15-6)10(14)13-3-2-7(12)5-13;/h4,7H,2-3,5,12H2,1H3;1H. The summed E-state index contributed by atoms with van der Waals surface area (Å²) in [6.07, 6.45) is 0.909. The smallest absolute Gasteiger partial charge is 0.255 e. The van der Waals surface area contributed by atoms with Crippen molar-refractivity contribution in [1.82, 2.24) is 4.90 Å². The van der Waals surface area contributed by atoms with Gasteiger partial charge in [0.05, 0.1) is 9.35 Å². The van der Waals surface area contributed by atoms with Gasteiger partial charge in [0.25, 0.3) is 5.91 Å². The van der Waals surface area contributed by atoms with Crippen molar-refractivity contribution in [3.05, 3.63) is 20.3 Å². The van der Waals surface area contributed by atoms with Gasteiger partial charge in [0, 0.05) is 24.0 Å². The topological polar surface area (TPSA) is 46.3 Å². The second-order valence-electron chi connectivity index (χ2n) is 3.84. The van der Waals surface area contributed by atoms with Crippen LogP contribution in [0, 0.1) is 6.92 Å². The van der Waals surface area contributed by atoms with Gasteiger partial charge in [-0.15, -0.1) is 23.7 Å². The van der Waals surface area contributed by atoms with Crippen molar-refractivity contribution in [2.75, 3.05) is 13.1 Å². The van der Waals surface area contributed by atoms with Gasteiger partial charge in [0.2, 0.25) is 0 Å². The predicted molar refractivity (Wildman–Crippen MR) is 72.5 cm³/mol. The lowest BCUT2D eigenvalue weighted by Crippen LogP contribution is -2.31. The molecule has 1 aliphatic heterocycles. The Labute approximate surface area is 114 Å². The molecule has 2 N–H and O–H groups in total. The lowest BCUT2D eigenvalue weighted by Gasteiger charge is -2.14. The molecule has 0 bridgehead atoms. The molecule has 6 heteroatoms. The maximum absolute atomic E-state index is 12.1. The Kier molecular flexibility index (Phi) is 4.79. The molecule has 0 aromatic carbocycles. The van der Waals surface area contributed by atoms with Crippen molar-refractivity contribution in [3.63, 3.8) is 0 Å². The van der Waals surface area contributed by atoms with Crippen molar-refractivity contribution >= 4 is 45.6 Å². The van der Waals surface area contributed by atoms with Crippen LogP contribution in [0.25, 0.3) is 0 Å². The molecule has 1 aromatic heterocycles. The van der Waals surface area contributed by atoms with E-state index in [2.05, 4.69) is 15.9 Å². The molecule has 1 saturated heterocycles. The summed E-state index contributed by atoms with van der Waals surface area (Å²) < 4.78 is 0.922. The molecule has 1 aromatic rings. The first kappa shape index (κ1) is 14.0. The van der Waals surface area contributed by atoms with Crippen LogP contribution in [-0.2, 0) is 0 Å². The molecule has 1 unspecified atom stereocenters. The zero-order valence-electron chi connectivity index (χ0n) is 8.90. The van der Waals surface area contributed by atoms with Gasteiger partial charge in [0.1, 0.15) is 0 Å². The quantitative estimate of drug-likeness (QED) is 0.862. The van der Waals surface area contributed by atoms with Crippen LogP contribution in [0.4, 0.5) is 0 Å². The number of rotatable bonds is 1. The first-order valence-corrected chi connectivity index (χ1v) is 6.49. The van der Waals surface area contributed by atoms with E-state index >= 15 is 0 Å². The molecule has 0 radical (unpaired) electrons. The minimum atomic E-state index is 0. The zero-order chi connectivity index (χ0) is 11.0. The highest BCUT2D eigenvalue weighted by molar-refractivity contribution is 9.11. The number of hydrogen-bond acceptors (Lipinski definition) is 3. The minimum absolute atomic E-state index is 0. The van der Waals surface area contributed by atoms with Crippen LogP contribution in [0.2, 0.25) is 0 Å². The van der Waals surface area contributed by atoms with Crippen molar-refractivity contribution in [1.29, 1.82) is 0 Å². The van der Waals surface area contributed by atoms with E-state index in [0.29, 0.717) is 6.54 Å². The van der Waals surface area contributed by atoms with Crippen molar-refractivity contribution in [2.24, 2.45) is 5.73 Å². The van der Waals surface area contributed by atoms with Gasteiger partial charge >= 0.3 is 0 Å². The predicted octanol–water partition coefficient (Wildman–Crippen LogP) is 2.41. The van der Waals surface area contributed by atoms with Crippen LogP contribution in [0.1, 0.15) is 21.7 Å². The summed E-state index contributed by atoms with van der Waals surface area (Å²) in [6.45, 7) is 3.46. The monoisotopic (exact) mass is 324 g/mol. The van der Waals surface area contributed by atoms with E-state index in [1.165, 1.54) is 0 Å². The third-order valence-electron chi connectivity index (χ3n) is 2.55. The lowest BCUT2D eigenvalue weighted by atomic mass is 10.3. The summed E-state index contributed by atoms with van der Waals surface area (Å²) in [7, 11) is 0. The van der Waals surface area contributed by atoms with Gasteiger partial charge < -0.3 is 10.6 Å². The Hall–Kier alpha value is -0.1000. The number of nitrogens with zero attached hydrogens (tertiary/aromatic N) is 1. The van der Waals surface area contributed by atoms with E-state index in [4.69, 9.17) is 5.73 Å². The first-order valence-electron chi connectivity index (χ1n) is 4.88. The number of thiophene rings is 1. The molecular formula is C10H14BrClN2OS. The fourth-order valence-corrected chi connectivity index (χ4v) is 3.54. The second-order valence-corrected chi connectivity index (χ2v) is 6.42. The highest BCUT2D eigenvalue weighted by Gasteiger charge is 2.26. The van der Waals surface area contributed by atoms with Crippen molar-refractivity contribution in [2.45, 2.75) is 19.4 Å². The van der Waals surface area contributed by atoms with Crippen LogP contribution in [-0.4, -0.2) is 29.9 Å². The molecule has 1 aliphatic rings. The summed E-state index contributed by atoms with van der Waals surface area (Å²) in [5.41, 5.74) is 6.55. The van der Waals surface area contributed by atoms with Gasteiger partial charge in [-0.1, -0.05) is 0 Å². The van der Waals surface area contributed by atoms with Crippen molar-refractivity contribution < 1.29 is 4.79 Å². The number of halogens is 2. The van der Waals surface area contributed by atoms with E-state index in [1.54, 1.807) is 11.3 Å². The maximum atomic E-state index is 12.1. The number of aryl methyl sites for hydroxylation is 1. The Morgan fingerprint density at radius 3 is 2.81 bits per heavy atom. The van der Waals surface area contributed by atoms with Crippen LogP contribution in [0.3, 0.4) is 0 Å². The number of likely N-dealkylation sites (tertiary alicyclic amines) is 1. The van der Waals surface area contributed by atoms with Crippen LogP contribution >= 0.6 is 39.7 Å². The number of nitrogens with two attached hydrogens (primary N) is 1. The Bertz CT molecular complexity index is 396. The summed E-state index contributed by atoms with van der Waals surface area (Å²) in [4.78, 5) is 15.1. The Morgan fingerprint density at radius 1 is 1.69 bits per heavy atom. The summed E-state index contributed by atoms with van der Waals surface area (Å²) in [5, 5.41) is 0. The molecule has 0 spiro atoms. The van der Waals surface area contributed by atoms with Gasteiger partial charge in [0.15, 0.2) is 0 Å². The van der Waals surface area contributed by atoms with E-state index in [1.807, 2.05) is 17.9 Å². The van der Waals surface area contributed by atoms with E-state index in [-0.39, 0.29) is 24.4 Å². The molecule has 0 saturated carbocycles. The third-order valence-corrected chi connectivity index (χ3v) is 4.30. The molecule has 3 nitrogen and oxygen atoms in total. The minimum Gasteiger partial charge on any atom is -0.337 e. The summed E-state index contributed by atoms with van der Waals surface area (Å²) in [5.74, 6) is 0.0965. The van der Waals surface area contributed by atoms with E-state index in [0.717, 1.165) is 27.2 Å². The average molecular weight is 326 g/mol. The molecule has 0 aliphatic carbocycles. The molecule has 1 fully saturated rings. The average Bonchev–Trinajstić information content (AvgIpc) is 2.71. The molecule has 16 heavy (non-hydrogen) atoms. The Balaban J connectivity index is 0.00000128. The molecule has 1 amide bonds. The van der Waals surface area contributed by atoms with Gasteiger partial charge in [-0.25, -0.2) is 0 Å². The number of carbonyl (C=O) groups excluding carboxylic acids is 1. The maximum Gasteiger partial charge on any atom is 0.255 e. The van der Waals surface area contributed by atoms with Gasteiger partial charge in [-0.2, -0.15) is 0 Å². The van der Waals surface area contributed by atoms with E-state index < -0.39 is 0 Å². The van der Waals surface area contributed by atoms with Crippen LogP contribution in [0.15, 0.2) is 9.85 Å². The highest BCUT2D eigenvalue weighted by atomic mass is 79.9. The zero-order valence-corrected chi connectivity index (χ0v) is 12.1. The van der Waals surface area contributed by atoms with Crippen LogP contribution < -0.4 is 5.73 Å². The number of hydrogen-bond donors (Lipinski definition) is 1. The molecular weight excluding hydrogens is 312 g/mol. The fraction of sp³-hybridized carbons (Fsp3) is 0.500. The summed E-state index contributed by atoms with van der Waals surface area (Å²) >= 11 is 5.01. The highest BCUT2D eigenvalue weighted by Crippen LogP contribution is 2.29. The number of carbonyl (C=O) groups is 1. The second kappa shape index (κ2) is 5.49. The van der Waals surface area contributed by atoms with Gasteiger partial charge in [-0.3, -0.25) is 4.79 Å². The Morgan fingerprint density at radius 2 is 2.38 bits per heavy atom. The van der Waals surface area contributed by atoms with E-state index in [9.17, 15) is 4.79 Å². The van der Waals surface area contributed by atoms with Gasteiger partial charge in [-0.05, 0) is 35.3 Å². The van der Waals surface area contributed by atoms with Crippen molar-refractivity contribution in [3.8, 4) is 0 Å². The third kappa shape index (κ3) is 2.77. The summed E-state index contributed by atoms with van der Waals surface area (Å²) in [6, 6.07) is 2.08. The van der Waals surface area contributed by atoms with Crippen LogP contribution in [0.5, 0.6) is 0 Å². The SMILES string of the molecule is Cc1cc(C(=O)N2CCC(N)C2)c(Br)s1.Cl. The number of amides is 1. The normalized spacial score (nSPS) is 19.7.